The number of ether oxygens (including phenoxy) is 1. The maximum absolute atomic E-state index is 12.9. The molecule has 0 bridgehead atoms. The number of sulfone groups is 1. The lowest BCUT2D eigenvalue weighted by molar-refractivity contribution is 0.0436. The second-order valence-corrected chi connectivity index (χ2v) is 9.56. The van der Waals surface area contributed by atoms with E-state index < -0.39 is 15.1 Å². The largest absolute Gasteiger partial charge is 0.439 e. The zero-order valence-corrected chi connectivity index (χ0v) is 15.2. The van der Waals surface area contributed by atoms with E-state index in [0.717, 1.165) is 0 Å². The van der Waals surface area contributed by atoms with Crippen LogP contribution in [0.2, 0.25) is 5.02 Å². The first-order valence-corrected chi connectivity index (χ1v) is 9.43. The summed E-state index contributed by atoms with van der Waals surface area (Å²) >= 11 is 6.21. The third-order valence-electron chi connectivity index (χ3n) is 4.21. The highest BCUT2D eigenvalue weighted by Crippen LogP contribution is 2.40. The Morgan fingerprint density at radius 1 is 1.30 bits per heavy atom. The third-order valence-corrected chi connectivity index (χ3v) is 6.88. The minimum absolute atomic E-state index is 0.00684. The van der Waals surface area contributed by atoms with Gasteiger partial charge in [0.2, 0.25) is 5.89 Å². The smallest absolute Gasteiger partial charge is 0.200 e. The van der Waals surface area contributed by atoms with Crippen molar-refractivity contribution in [1.29, 1.82) is 0 Å². The van der Waals surface area contributed by atoms with Crippen molar-refractivity contribution >= 4 is 32.5 Å². The van der Waals surface area contributed by atoms with Crippen LogP contribution in [0.15, 0.2) is 21.4 Å². The first-order valence-electron chi connectivity index (χ1n) is 7.51. The van der Waals surface area contributed by atoms with Gasteiger partial charge >= 0.3 is 0 Å². The minimum atomic E-state index is -3.58. The fourth-order valence-electron chi connectivity index (χ4n) is 2.66. The summed E-state index contributed by atoms with van der Waals surface area (Å²) in [6.07, 6.45) is 0.949. The molecule has 7 heteroatoms. The van der Waals surface area contributed by atoms with Gasteiger partial charge in [-0.25, -0.2) is 13.4 Å². The van der Waals surface area contributed by atoms with Crippen molar-refractivity contribution in [1.82, 2.24) is 4.98 Å². The molecule has 0 radical (unpaired) electrons. The standard InChI is InChI=1S/C16H20ClNO4S/c1-16(2,3)15-18-12-6-5-11(17)14(13(12)22-15)23(19,20)10-7-9(8-10)21-4/h5-6,9-10H,7-8H2,1-4H3/t9-,10+. The molecule has 1 heterocycles. The van der Waals surface area contributed by atoms with Gasteiger partial charge in [0, 0.05) is 12.5 Å². The molecule has 1 aliphatic rings. The Bertz CT molecular complexity index is 845. The summed E-state index contributed by atoms with van der Waals surface area (Å²) in [7, 11) is -1.99. The van der Waals surface area contributed by atoms with Crippen molar-refractivity contribution in [2.24, 2.45) is 0 Å². The average molecular weight is 358 g/mol. The maximum atomic E-state index is 12.9. The Morgan fingerprint density at radius 2 is 1.96 bits per heavy atom. The summed E-state index contributed by atoms with van der Waals surface area (Å²) in [5.41, 5.74) is 0.452. The van der Waals surface area contributed by atoms with Crippen molar-refractivity contribution in [3.05, 3.63) is 23.0 Å². The number of hydrogen-bond acceptors (Lipinski definition) is 5. The SMILES string of the molecule is CO[C@H]1C[C@@H](S(=O)(=O)c2c(Cl)ccc3nc(C(C)(C)C)oc23)C1. The molecule has 0 N–H and O–H groups in total. The van der Waals surface area contributed by atoms with Crippen molar-refractivity contribution in [3.8, 4) is 0 Å². The first-order chi connectivity index (χ1) is 10.6. The second-order valence-electron chi connectivity index (χ2n) is 6.99. The van der Waals surface area contributed by atoms with E-state index in [1.54, 1.807) is 19.2 Å². The summed E-state index contributed by atoms with van der Waals surface area (Å²) in [6, 6.07) is 3.26. The number of hydrogen-bond donors (Lipinski definition) is 0. The molecule has 1 aromatic heterocycles. The number of nitrogens with zero attached hydrogens (tertiary/aromatic N) is 1. The van der Waals surface area contributed by atoms with Gasteiger partial charge in [0.15, 0.2) is 15.4 Å². The average Bonchev–Trinajstić information content (AvgIpc) is 2.80. The van der Waals surface area contributed by atoms with Crippen LogP contribution in [0.5, 0.6) is 0 Å². The van der Waals surface area contributed by atoms with Crippen LogP contribution in [-0.2, 0) is 20.0 Å². The Labute approximate surface area is 140 Å². The molecule has 23 heavy (non-hydrogen) atoms. The van der Waals surface area contributed by atoms with Crippen LogP contribution in [0.4, 0.5) is 0 Å². The quantitative estimate of drug-likeness (QED) is 0.837. The minimum Gasteiger partial charge on any atom is -0.439 e. The van der Waals surface area contributed by atoms with Gasteiger partial charge in [-0.2, -0.15) is 0 Å². The van der Waals surface area contributed by atoms with Gasteiger partial charge in [0.1, 0.15) is 10.4 Å². The third kappa shape index (κ3) is 2.77. The van der Waals surface area contributed by atoms with E-state index in [2.05, 4.69) is 4.98 Å². The highest BCUT2D eigenvalue weighted by Gasteiger charge is 2.42. The van der Waals surface area contributed by atoms with E-state index in [1.165, 1.54) is 0 Å². The lowest BCUT2D eigenvalue weighted by Crippen LogP contribution is -2.40. The lowest BCUT2D eigenvalue weighted by atomic mass is 9.95. The Kier molecular flexibility index (Phi) is 3.98. The number of oxazole rings is 1. The predicted molar refractivity (Wildman–Crippen MR) is 88.7 cm³/mol. The Balaban J connectivity index is 2.13. The zero-order valence-electron chi connectivity index (χ0n) is 13.6. The summed E-state index contributed by atoms with van der Waals surface area (Å²) in [6.45, 7) is 5.88. The Hall–Kier alpha value is -1.11. The number of halogens is 1. The molecule has 0 saturated heterocycles. The van der Waals surface area contributed by atoms with Crippen LogP contribution < -0.4 is 0 Å². The molecule has 1 fully saturated rings. The van der Waals surface area contributed by atoms with Gasteiger partial charge in [-0.15, -0.1) is 0 Å². The van der Waals surface area contributed by atoms with Crippen LogP contribution in [0, 0.1) is 0 Å². The molecular weight excluding hydrogens is 338 g/mol. The first kappa shape index (κ1) is 16.7. The van der Waals surface area contributed by atoms with Gasteiger partial charge in [-0.1, -0.05) is 32.4 Å². The highest BCUT2D eigenvalue weighted by atomic mass is 35.5. The van der Waals surface area contributed by atoms with Crippen LogP contribution in [0.1, 0.15) is 39.5 Å². The van der Waals surface area contributed by atoms with Crippen LogP contribution in [-0.4, -0.2) is 31.9 Å². The number of benzene rings is 1. The van der Waals surface area contributed by atoms with Gasteiger partial charge in [-0.05, 0) is 25.0 Å². The van der Waals surface area contributed by atoms with Crippen LogP contribution >= 0.6 is 11.6 Å². The Morgan fingerprint density at radius 3 is 2.52 bits per heavy atom. The molecular formula is C16H20ClNO4S. The number of rotatable bonds is 3. The van der Waals surface area contributed by atoms with Crippen LogP contribution in [0.25, 0.3) is 11.1 Å². The van der Waals surface area contributed by atoms with E-state index in [1.807, 2.05) is 20.8 Å². The maximum Gasteiger partial charge on any atom is 0.200 e. The van der Waals surface area contributed by atoms with Crippen molar-refractivity contribution in [2.75, 3.05) is 7.11 Å². The van der Waals surface area contributed by atoms with Gasteiger partial charge in [0.25, 0.3) is 0 Å². The van der Waals surface area contributed by atoms with Crippen LogP contribution in [0.3, 0.4) is 0 Å². The predicted octanol–water partition coefficient (Wildman–Crippen LogP) is 3.73. The second kappa shape index (κ2) is 5.46. The summed E-state index contributed by atoms with van der Waals surface area (Å²) in [4.78, 5) is 4.47. The van der Waals surface area contributed by atoms with E-state index in [4.69, 9.17) is 20.8 Å². The molecule has 5 nitrogen and oxygen atoms in total. The summed E-state index contributed by atoms with van der Waals surface area (Å²) in [5.74, 6) is 0.495. The van der Waals surface area contributed by atoms with Crippen molar-refractivity contribution < 1.29 is 17.6 Å². The molecule has 1 saturated carbocycles. The van der Waals surface area contributed by atoms with Crippen molar-refractivity contribution in [2.45, 2.75) is 55.3 Å². The molecule has 3 rings (SSSR count). The molecule has 0 aliphatic heterocycles. The monoisotopic (exact) mass is 357 g/mol. The summed E-state index contributed by atoms with van der Waals surface area (Å²) in [5, 5.41) is -0.311. The summed E-state index contributed by atoms with van der Waals surface area (Å²) < 4.78 is 36.9. The fourth-order valence-corrected chi connectivity index (χ4v) is 5.14. The number of aromatic nitrogens is 1. The lowest BCUT2D eigenvalue weighted by Gasteiger charge is -2.33. The highest BCUT2D eigenvalue weighted by molar-refractivity contribution is 7.92. The topological polar surface area (TPSA) is 69.4 Å². The normalized spacial score (nSPS) is 22.3. The molecule has 2 aromatic rings. The molecule has 0 amide bonds. The van der Waals surface area contributed by atoms with E-state index in [0.29, 0.717) is 24.2 Å². The molecule has 1 aliphatic carbocycles. The molecule has 0 atom stereocenters. The zero-order chi connectivity index (χ0) is 17.0. The van der Waals surface area contributed by atoms with E-state index in [-0.39, 0.29) is 27.0 Å². The molecule has 1 aromatic carbocycles. The molecule has 0 unspecified atom stereocenters. The van der Waals surface area contributed by atoms with Crippen molar-refractivity contribution in [3.63, 3.8) is 0 Å². The van der Waals surface area contributed by atoms with E-state index in [9.17, 15) is 8.42 Å². The van der Waals surface area contributed by atoms with Gasteiger partial charge in [-0.3, -0.25) is 0 Å². The fraction of sp³-hybridized carbons (Fsp3) is 0.562. The van der Waals surface area contributed by atoms with E-state index >= 15 is 0 Å². The van der Waals surface area contributed by atoms with Gasteiger partial charge < -0.3 is 9.15 Å². The van der Waals surface area contributed by atoms with Gasteiger partial charge in [0.05, 0.1) is 16.4 Å². The number of methoxy groups -OCH3 is 1. The number of fused-ring (bicyclic) bond motifs is 1. The molecule has 0 spiro atoms. The molecule has 126 valence electrons.